The van der Waals surface area contributed by atoms with Gasteiger partial charge < -0.3 is 15.7 Å². The average molecular weight is 348 g/mol. The number of carboxylic acid groups (broad SMARTS) is 1. The van der Waals surface area contributed by atoms with E-state index in [-0.39, 0.29) is 5.69 Å². The van der Waals surface area contributed by atoms with Crippen LogP contribution in [0, 0.1) is 25.5 Å². The minimum Gasteiger partial charge on any atom is -0.481 e. The van der Waals surface area contributed by atoms with Crippen LogP contribution in [0.25, 0.3) is 0 Å². The van der Waals surface area contributed by atoms with Crippen LogP contribution in [0.4, 0.5) is 20.2 Å². The number of carbonyl (C=O) groups excluding carboxylic acids is 1. The molecule has 0 saturated carbocycles. The molecule has 0 heterocycles. The Hall–Kier alpha value is -2.96. The molecule has 2 rings (SSSR count). The molecule has 5 nitrogen and oxygen atoms in total. The number of anilines is 2. The number of aliphatic carboxylic acids is 1. The van der Waals surface area contributed by atoms with Gasteiger partial charge in [-0.2, -0.15) is 0 Å². The van der Waals surface area contributed by atoms with Gasteiger partial charge in [-0.15, -0.1) is 0 Å². The summed E-state index contributed by atoms with van der Waals surface area (Å²) in [6.45, 7) is 3.63. The fourth-order valence-electron chi connectivity index (χ4n) is 2.39. The first-order chi connectivity index (χ1) is 11.8. The number of para-hydroxylation sites is 1. The molecule has 0 unspecified atom stereocenters. The van der Waals surface area contributed by atoms with Crippen molar-refractivity contribution >= 4 is 23.3 Å². The standard InChI is InChI=1S/C18H18F2N2O3/c1-10-4-3-5-11(2)17(10)22-18(25)15(9-16(23)24)21-12-6-7-13(19)14(20)8-12/h3-8,15,21H,9H2,1-2H3,(H,22,25)(H,23,24)/t15-/m0/s1. The number of benzene rings is 2. The Labute approximate surface area is 143 Å². The molecule has 0 aliphatic carbocycles. The molecule has 0 spiro atoms. The molecule has 2 aromatic rings. The first-order valence-electron chi connectivity index (χ1n) is 7.58. The Morgan fingerprint density at radius 3 is 2.28 bits per heavy atom. The minimum absolute atomic E-state index is 0.113. The number of nitrogens with one attached hydrogen (secondary N) is 2. The predicted molar refractivity (Wildman–Crippen MR) is 90.6 cm³/mol. The number of amides is 1. The highest BCUT2D eigenvalue weighted by Gasteiger charge is 2.23. The molecule has 132 valence electrons. The summed E-state index contributed by atoms with van der Waals surface area (Å²) in [6.07, 6.45) is -0.518. The van der Waals surface area contributed by atoms with Crippen LogP contribution >= 0.6 is 0 Å². The van der Waals surface area contributed by atoms with Gasteiger partial charge in [0.15, 0.2) is 11.6 Å². The van der Waals surface area contributed by atoms with Gasteiger partial charge >= 0.3 is 5.97 Å². The van der Waals surface area contributed by atoms with Crippen LogP contribution in [-0.2, 0) is 9.59 Å². The molecule has 0 aromatic heterocycles. The third-order valence-electron chi connectivity index (χ3n) is 3.69. The molecule has 1 amide bonds. The molecule has 0 aliphatic heterocycles. The molecule has 0 saturated heterocycles. The number of carbonyl (C=O) groups is 2. The van der Waals surface area contributed by atoms with Crippen molar-refractivity contribution in [3.05, 3.63) is 59.2 Å². The second-order valence-corrected chi connectivity index (χ2v) is 5.68. The fourth-order valence-corrected chi connectivity index (χ4v) is 2.39. The van der Waals surface area contributed by atoms with Gasteiger partial charge in [0, 0.05) is 17.4 Å². The highest BCUT2D eigenvalue weighted by Crippen LogP contribution is 2.21. The van der Waals surface area contributed by atoms with E-state index in [4.69, 9.17) is 5.11 Å². The number of hydrogen-bond acceptors (Lipinski definition) is 3. The largest absolute Gasteiger partial charge is 0.481 e. The number of rotatable bonds is 6. The lowest BCUT2D eigenvalue weighted by molar-refractivity contribution is -0.138. The van der Waals surface area contributed by atoms with E-state index in [0.717, 1.165) is 23.3 Å². The second-order valence-electron chi connectivity index (χ2n) is 5.68. The third-order valence-corrected chi connectivity index (χ3v) is 3.69. The summed E-state index contributed by atoms with van der Waals surface area (Å²) in [5, 5.41) is 14.4. The molecule has 3 N–H and O–H groups in total. The van der Waals surface area contributed by atoms with E-state index in [0.29, 0.717) is 5.69 Å². The summed E-state index contributed by atoms with van der Waals surface area (Å²) in [4.78, 5) is 23.6. The van der Waals surface area contributed by atoms with E-state index >= 15 is 0 Å². The van der Waals surface area contributed by atoms with Crippen molar-refractivity contribution < 1.29 is 23.5 Å². The maximum Gasteiger partial charge on any atom is 0.305 e. The van der Waals surface area contributed by atoms with E-state index < -0.39 is 36.0 Å². The first-order valence-corrected chi connectivity index (χ1v) is 7.58. The predicted octanol–water partition coefficient (Wildman–Crippen LogP) is 3.48. The number of hydrogen-bond donors (Lipinski definition) is 3. The van der Waals surface area contributed by atoms with Gasteiger partial charge in [-0.3, -0.25) is 9.59 Å². The Kier molecular flexibility index (Phi) is 5.69. The van der Waals surface area contributed by atoms with Crippen LogP contribution in [0.1, 0.15) is 17.5 Å². The summed E-state index contributed by atoms with van der Waals surface area (Å²) >= 11 is 0. The van der Waals surface area contributed by atoms with Crippen molar-refractivity contribution in [2.75, 3.05) is 10.6 Å². The molecule has 2 aromatic carbocycles. The molecular formula is C18H18F2N2O3. The highest BCUT2D eigenvalue weighted by atomic mass is 19.2. The summed E-state index contributed by atoms with van der Waals surface area (Å²) in [5.41, 5.74) is 2.36. The third kappa shape index (κ3) is 4.76. The summed E-state index contributed by atoms with van der Waals surface area (Å²) < 4.78 is 26.3. The molecule has 0 fully saturated rings. The van der Waals surface area contributed by atoms with E-state index in [9.17, 15) is 18.4 Å². The topological polar surface area (TPSA) is 78.4 Å². The van der Waals surface area contributed by atoms with E-state index in [1.807, 2.05) is 32.0 Å². The van der Waals surface area contributed by atoms with Gasteiger partial charge in [0.25, 0.3) is 0 Å². The van der Waals surface area contributed by atoms with Crippen LogP contribution in [0.3, 0.4) is 0 Å². The zero-order chi connectivity index (χ0) is 18.6. The lowest BCUT2D eigenvalue weighted by Crippen LogP contribution is -2.37. The molecule has 0 radical (unpaired) electrons. The van der Waals surface area contributed by atoms with Crippen molar-refractivity contribution in [1.82, 2.24) is 0 Å². The SMILES string of the molecule is Cc1cccc(C)c1NC(=O)[C@H](CC(=O)O)Nc1ccc(F)c(F)c1. The van der Waals surface area contributed by atoms with Crippen LogP contribution in [0.15, 0.2) is 36.4 Å². The molecular weight excluding hydrogens is 330 g/mol. The van der Waals surface area contributed by atoms with Crippen molar-refractivity contribution in [2.24, 2.45) is 0 Å². The summed E-state index contributed by atoms with van der Waals surface area (Å²) in [5.74, 6) is -3.89. The Morgan fingerprint density at radius 1 is 1.08 bits per heavy atom. The molecule has 0 aliphatic rings. The Balaban J connectivity index is 2.22. The van der Waals surface area contributed by atoms with Crippen LogP contribution in [-0.4, -0.2) is 23.0 Å². The van der Waals surface area contributed by atoms with Crippen molar-refractivity contribution in [2.45, 2.75) is 26.3 Å². The summed E-state index contributed by atoms with van der Waals surface area (Å²) in [6, 6.07) is 7.33. The number of carboxylic acids is 1. The zero-order valence-corrected chi connectivity index (χ0v) is 13.8. The lowest BCUT2D eigenvalue weighted by Gasteiger charge is -2.19. The smallest absolute Gasteiger partial charge is 0.305 e. The van der Waals surface area contributed by atoms with Gasteiger partial charge in [0.05, 0.1) is 6.42 Å². The second kappa shape index (κ2) is 7.74. The Bertz CT molecular complexity index is 789. The van der Waals surface area contributed by atoms with Gasteiger partial charge in [-0.25, -0.2) is 8.78 Å². The molecule has 7 heteroatoms. The Morgan fingerprint density at radius 2 is 1.72 bits per heavy atom. The molecule has 1 atom stereocenters. The zero-order valence-electron chi connectivity index (χ0n) is 13.8. The highest BCUT2D eigenvalue weighted by molar-refractivity contribution is 5.99. The number of halogens is 2. The van der Waals surface area contributed by atoms with Crippen LogP contribution < -0.4 is 10.6 Å². The monoisotopic (exact) mass is 348 g/mol. The molecule has 0 bridgehead atoms. The van der Waals surface area contributed by atoms with Crippen LogP contribution in [0.5, 0.6) is 0 Å². The van der Waals surface area contributed by atoms with E-state index in [2.05, 4.69) is 10.6 Å². The van der Waals surface area contributed by atoms with E-state index in [1.54, 1.807) is 0 Å². The van der Waals surface area contributed by atoms with Gasteiger partial charge in [0.2, 0.25) is 5.91 Å². The van der Waals surface area contributed by atoms with Crippen molar-refractivity contribution in [3.8, 4) is 0 Å². The van der Waals surface area contributed by atoms with Crippen LogP contribution in [0.2, 0.25) is 0 Å². The van der Waals surface area contributed by atoms with Gasteiger partial charge in [-0.05, 0) is 37.1 Å². The maximum atomic E-state index is 13.3. The summed E-state index contributed by atoms with van der Waals surface area (Å²) in [7, 11) is 0. The molecule has 25 heavy (non-hydrogen) atoms. The quantitative estimate of drug-likeness (QED) is 0.747. The fraction of sp³-hybridized carbons (Fsp3) is 0.222. The maximum absolute atomic E-state index is 13.3. The van der Waals surface area contributed by atoms with Gasteiger partial charge in [-0.1, -0.05) is 18.2 Å². The first kappa shape index (κ1) is 18.4. The van der Waals surface area contributed by atoms with Crippen molar-refractivity contribution in [3.63, 3.8) is 0 Å². The van der Waals surface area contributed by atoms with E-state index in [1.165, 1.54) is 6.07 Å². The van der Waals surface area contributed by atoms with Crippen molar-refractivity contribution in [1.29, 1.82) is 0 Å². The average Bonchev–Trinajstić information content (AvgIpc) is 2.53. The van der Waals surface area contributed by atoms with Gasteiger partial charge in [0.1, 0.15) is 6.04 Å². The minimum atomic E-state index is -1.20. The number of aryl methyl sites for hydroxylation is 2. The normalized spacial score (nSPS) is 11.7. The lowest BCUT2D eigenvalue weighted by atomic mass is 10.1.